The highest BCUT2D eigenvalue weighted by Crippen LogP contribution is 2.39. The molecular weight excluding hydrogens is 654 g/mol. The smallest absolute Gasteiger partial charge is 0.225 e. The molecule has 14 heteroatoms. The molecular formula is C33H34ClN9O2S2. The molecule has 5 aromatic heterocycles. The summed E-state index contributed by atoms with van der Waals surface area (Å²) in [5, 5.41) is 5.97. The van der Waals surface area contributed by atoms with Crippen molar-refractivity contribution in [2.45, 2.75) is 60.2 Å². The van der Waals surface area contributed by atoms with Crippen molar-refractivity contribution in [3.05, 3.63) is 62.2 Å². The topological polar surface area (TPSA) is 129 Å². The molecule has 0 aliphatic carbocycles. The quantitative estimate of drug-likeness (QED) is 0.222. The Balaban J connectivity index is 0.000000161. The molecule has 47 heavy (non-hydrogen) atoms. The Kier molecular flexibility index (Phi) is 8.62. The van der Waals surface area contributed by atoms with Crippen molar-refractivity contribution >= 4 is 84.2 Å². The molecule has 0 aromatic carbocycles. The van der Waals surface area contributed by atoms with Crippen LogP contribution in [0.3, 0.4) is 0 Å². The lowest BCUT2D eigenvalue weighted by molar-refractivity contribution is -0.136. The first-order valence-electron chi connectivity index (χ1n) is 15.7. The van der Waals surface area contributed by atoms with Crippen molar-refractivity contribution in [1.29, 1.82) is 0 Å². The highest BCUT2D eigenvalue weighted by Gasteiger charge is 2.28. The van der Waals surface area contributed by atoms with Gasteiger partial charge in [0.2, 0.25) is 11.8 Å². The maximum atomic E-state index is 12.4. The number of amides is 2. The van der Waals surface area contributed by atoms with Gasteiger partial charge in [-0.1, -0.05) is 39.3 Å². The molecule has 0 saturated heterocycles. The van der Waals surface area contributed by atoms with Gasteiger partial charge in [0.1, 0.15) is 33.3 Å². The first kappa shape index (κ1) is 31.5. The van der Waals surface area contributed by atoms with Gasteiger partial charge in [-0.2, -0.15) is 0 Å². The molecule has 0 bridgehead atoms. The monoisotopic (exact) mass is 687 g/mol. The lowest BCUT2D eigenvalue weighted by Crippen LogP contribution is -2.37. The second-order valence-electron chi connectivity index (χ2n) is 12.4. The number of anilines is 2. The zero-order valence-corrected chi connectivity index (χ0v) is 29.0. The summed E-state index contributed by atoms with van der Waals surface area (Å²) in [6.07, 6.45) is 8.42. The van der Waals surface area contributed by atoms with E-state index >= 15 is 0 Å². The number of carbonyl (C=O) groups is 2. The van der Waals surface area contributed by atoms with E-state index < -0.39 is 0 Å². The van der Waals surface area contributed by atoms with Gasteiger partial charge in [0.05, 0.1) is 48.0 Å². The minimum Gasteiger partial charge on any atom is -0.338 e. The lowest BCUT2D eigenvalue weighted by Gasteiger charge is -2.28. The van der Waals surface area contributed by atoms with E-state index in [1.165, 1.54) is 27.2 Å². The average molecular weight is 688 g/mol. The molecule has 5 aromatic rings. The molecule has 1 N–H and O–H groups in total. The second-order valence-corrected chi connectivity index (χ2v) is 15.0. The fourth-order valence-electron chi connectivity index (χ4n) is 6.21. The Morgan fingerprint density at radius 1 is 0.830 bits per heavy atom. The number of hydrogen-bond acceptors (Lipinski definition) is 11. The van der Waals surface area contributed by atoms with E-state index in [0.717, 1.165) is 69.1 Å². The molecule has 3 aliphatic rings. The van der Waals surface area contributed by atoms with E-state index in [9.17, 15) is 9.59 Å². The number of rotatable bonds is 4. The molecule has 242 valence electrons. The molecule has 0 radical (unpaired) electrons. The molecule has 0 atom stereocenters. The van der Waals surface area contributed by atoms with Crippen molar-refractivity contribution in [1.82, 2.24) is 34.7 Å². The van der Waals surface area contributed by atoms with Crippen LogP contribution < -0.4 is 5.32 Å². The summed E-state index contributed by atoms with van der Waals surface area (Å²) < 4.78 is 0. The zero-order valence-electron chi connectivity index (χ0n) is 26.6. The molecule has 0 fully saturated rings. The largest absolute Gasteiger partial charge is 0.338 e. The number of thiophene rings is 2. The number of nitrogens with one attached hydrogen (secondary N) is 1. The first-order chi connectivity index (χ1) is 22.7. The van der Waals surface area contributed by atoms with Crippen molar-refractivity contribution in [2.24, 2.45) is 16.8 Å². The highest BCUT2D eigenvalue weighted by molar-refractivity contribution is 7.19. The van der Waals surface area contributed by atoms with E-state index in [4.69, 9.17) is 11.6 Å². The Morgan fingerprint density at radius 3 is 2.06 bits per heavy atom. The Labute approximate surface area is 285 Å². The fraction of sp³-hybridized carbons (Fsp3) is 0.394. The van der Waals surface area contributed by atoms with Gasteiger partial charge in [-0.3, -0.25) is 19.6 Å². The van der Waals surface area contributed by atoms with Crippen molar-refractivity contribution in [3.63, 3.8) is 0 Å². The van der Waals surface area contributed by atoms with Crippen LogP contribution in [0.5, 0.6) is 0 Å². The van der Waals surface area contributed by atoms with E-state index in [1.807, 2.05) is 49.9 Å². The standard InChI is InChI=1S/C20H20N6OS.C13H14ClN3OS/c1-11(2)20(27)26-4-3-14-16(9-26)28-19-17(14)18(23-10-24-19)25-13-5-12-6-21-8-15(12)22-7-13;1-7(2)13(18)17-4-3-8-9(5-17)19-12-10(8)11(14)15-6-16-12/h5-7,10-11H,3-4,8-9H2,1-2H3,(H,23,24,25);6-7H,3-5H2,1-2H3. The van der Waals surface area contributed by atoms with Crippen molar-refractivity contribution in [2.75, 3.05) is 18.4 Å². The molecule has 0 saturated carbocycles. The highest BCUT2D eigenvalue weighted by atomic mass is 35.5. The van der Waals surface area contributed by atoms with Gasteiger partial charge in [0.15, 0.2) is 0 Å². The number of fused-ring (bicyclic) bond motifs is 7. The molecule has 3 aliphatic heterocycles. The van der Waals surface area contributed by atoms with Crippen molar-refractivity contribution < 1.29 is 9.59 Å². The third-order valence-electron chi connectivity index (χ3n) is 8.58. The number of aromatic nitrogens is 5. The van der Waals surface area contributed by atoms with Crippen LogP contribution in [-0.2, 0) is 42.1 Å². The minimum absolute atomic E-state index is 0.0174. The van der Waals surface area contributed by atoms with Crippen LogP contribution in [0.4, 0.5) is 11.5 Å². The number of pyridine rings is 1. The van der Waals surface area contributed by atoms with Crippen LogP contribution in [-0.4, -0.2) is 65.8 Å². The number of hydrogen-bond donors (Lipinski definition) is 1. The Bertz CT molecular complexity index is 2050. The van der Waals surface area contributed by atoms with Gasteiger partial charge in [-0.05, 0) is 30.0 Å². The fourth-order valence-corrected chi connectivity index (χ4v) is 8.92. The average Bonchev–Trinajstić information content (AvgIpc) is 3.79. The lowest BCUT2D eigenvalue weighted by atomic mass is 10.0. The van der Waals surface area contributed by atoms with Gasteiger partial charge >= 0.3 is 0 Å². The van der Waals surface area contributed by atoms with E-state index in [1.54, 1.807) is 29.0 Å². The first-order valence-corrected chi connectivity index (χ1v) is 17.7. The molecule has 8 heterocycles. The maximum absolute atomic E-state index is 12.4. The number of nitrogens with zero attached hydrogens (tertiary/aromatic N) is 8. The third kappa shape index (κ3) is 6.07. The van der Waals surface area contributed by atoms with Crippen LogP contribution in [0.1, 0.15) is 59.8 Å². The predicted molar refractivity (Wildman–Crippen MR) is 187 cm³/mol. The minimum atomic E-state index is 0.0174. The van der Waals surface area contributed by atoms with Gasteiger partial charge < -0.3 is 15.1 Å². The van der Waals surface area contributed by atoms with Gasteiger partial charge in [0, 0.05) is 46.5 Å². The normalized spacial score (nSPS) is 15.1. The van der Waals surface area contributed by atoms with Crippen molar-refractivity contribution in [3.8, 4) is 0 Å². The summed E-state index contributed by atoms with van der Waals surface area (Å²) in [5.41, 5.74) is 5.41. The SMILES string of the molecule is CC(C)C(=O)N1CCc2c(sc3ncnc(Cl)c23)C1.CC(C)C(=O)N1CCc2c(sc3ncnc(Nc4cnc5c(c4)C=NC5)c23)C1. The molecule has 2 amide bonds. The molecule has 0 unspecified atom stereocenters. The molecule has 8 rings (SSSR count). The van der Waals surface area contributed by atoms with Crippen LogP contribution in [0.2, 0.25) is 5.15 Å². The van der Waals surface area contributed by atoms with Crippen LogP contribution >= 0.6 is 34.3 Å². The summed E-state index contributed by atoms with van der Waals surface area (Å²) in [6, 6.07) is 2.05. The summed E-state index contributed by atoms with van der Waals surface area (Å²) in [7, 11) is 0. The maximum Gasteiger partial charge on any atom is 0.225 e. The van der Waals surface area contributed by atoms with Gasteiger partial charge in [-0.25, -0.2) is 19.9 Å². The number of carbonyl (C=O) groups excluding carboxylic acids is 2. The number of halogens is 1. The van der Waals surface area contributed by atoms with Crippen LogP contribution in [0, 0.1) is 11.8 Å². The third-order valence-corrected chi connectivity index (χ3v) is 11.1. The van der Waals surface area contributed by atoms with Crippen LogP contribution in [0.25, 0.3) is 20.4 Å². The summed E-state index contributed by atoms with van der Waals surface area (Å²) in [6.45, 7) is 11.2. The van der Waals surface area contributed by atoms with Gasteiger partial charge in [0.25, 0.3) is 0 Å². The summed E-state index contributed by atoms with van der Waals surface area (Å²) in [5.74, 6) is 1.27. The summed E-state index contributed by atoms with van der Waals surface area (Å²) in [4.78, 5) is 58.7. The zero-order chi connectivity index (χ0) is 32.8. The van der Waals surface area contributed by atoms with E-state index in [0.29, 0.717) is 24.8 Å². The van der Waals surface area contributed by atoms with Crippen LogP contribution in [0.15, 0.2) is 29.9 Å². The van der Waals surface area contributed by atoms with Gasteiger partial charge in [-0.15, -0.1) is 22.7 Å². The summed E-state index contributed by atoms with van der Waals surface area (Å²) >= 11 is 9.43. The number of aliphatic imine (C=N–C) groups is 1. The molecule has 11 nitrogen and oxygen atoms in total. The van der Waals surface area contributed by atoms with E-state index in [2.05, 4.69) is 41.3 Å². The van der Waals surface area contributed by atoms with E-state index in [-0.39, 0.29) is 23.7 Å². The Hall–Kier alpha value is -4.07. The molecule has 0 spiro atoms. The Morgan fingerprint density at radius 2 is 1.43 bits per heavy atom. The second kappa shape index (κ2) is 12.9. The predicted octanol–water partition coefficient (Wildman–Crippen LogP) is 6.19.